The van der Waals surface area contributed by atoms with Gasteiger partial charge in [0.05, 0.1) is 12.0 Å². The summed E-state index contributed by atoms with van der Waals surface area (Å²) in [4.78, 5) is 34.8. The second kappa shape index (κ2) is 7.35. The molecule has 3 aromatic rings. The van der Waals surface area contributed by atoms with Gasteiger partial charge in [-0.1, -0.05) is 12.1 Å². The second-order valence-electron chi connectivity index (χ2n) is 5.40. The van der Waals surface area contributed by atoms with Crippen molar-refractivity contribution in [2.45, 2.75) is 6.54 Å². The predicted molar refractivity (Wildman–Crippen MR) is 86.8 cm³/mol. The zero-order valence-corrected chi connectivity index (χ0v) is 14.8. The lowest BCUT2D eigenvalue weighted by Crippen LogP contribution is -3.00. The van der Waals surface area contributed by atoms with Gasteiger partial charge in [0.2, 0.25) is 12.1 Å². The number of halogens is 1. The molecule has 7 nitrogen and oxygen atoms in total. The lowest BCUT2D eigenvalue weighted by Gasteiger charge is -2.05. The van der Waals surface area contributed by atoms with Crippen molar-refractivity contribution in [1.29, 1.82) is 0 Å². The Bertz CT molecular complexity index is 1010. The topological polar surface area (TPSA) is 86.1 Å². The Morgan fingerprint density at radius 3 is 2.44 bits per heavy atom. The van der Waals surface area contributed by atoms with Gasteiger partial charge in [0.15, 0.2) is 6.54 Å². The molecule has 0 aliphatic rings. The number of para-hydroxylation sites is 1. The number of hydrogen-bond acceptors (Lipinski definition) is 4. The number of aryl methyl sites for hydroxylation is 1. The maximum Gasteiger partial charge on any atom is 0.344 e. The van der Waals surface area contributed by atoms with Crippen LogP contribution in [0.4, 0.5) is 5.69 Å². The highest BCUT2D eigenvalue weighted by Crippen LogP contribution is 2.12. The van der Waals surface area contributed by atoms with Crippen molar-refractivity contribution >= 4 is 22.4 Å². The number of fused-ring (bicyclic) bond motifs is 1. The molecule has 0 fully saturated rings. The van der Waals surface area contributed by atoms with Gasteiger partial charge in [0, 0.05) is 17.7 Å². The lowest BCUT2D eigenvalue weighted by molar-refractivity contribution is -0.661. The van der Waals surface area contributed by atoms with E-state index in [1.165, 1.54) is 28.8 Å². The van der Waals surface area contributed by atoms with Gasteiger partial charge < -0.3 is 17.0 Å². The Balaban J connectivity index is 0.00000225. The first kappa shape index (κ1) is 18.5. The van der Waals surface area contributed by atoms with Crippen LogP contribution >= 0.6 is 0 Å². The minimum absolute atomic E-state index is 0. The van der Waals surface area contributed by atoms with Crippen molar-refractivity contribution in [3.05, 3.63) is 80.9 Å². The van der Waals surface area contributed by atoms with Gasteiger partial charge in [-0.3, -0.25) is 14.9 Å². The summed E-state index contributed by atoms with van der Waals surface area (Å²) >= 11 is 0. The van der Waals surface area contributed by atoms with Crippen LogP contribution in [-0.2, 0) is 13.6 Å². The number of carbonyl (C=O) groups is 1. The van der Waals surface area contributed by atoms with Crippen LogP contribution < -0.4 is 27.1 Å². The molecular weight excluding hydrogens is 390 g/mol. The van der Waals surface area contributed by atoms with E-state index in [0.29, 0.717) is 16.5 Å². The van der Waals surface area contributed by atoms with E-state index < -0.39 is 4.92 Å². The van der Waals surface area contributed by atoms with Crippen molar-refractivity contribution in [3.63, 3.8) is 0 Å². The normalized spacial score (nSPS) is 10.3. The molecule has 128 valence electrons. The quantitative estimate of drug-likeness (QED) is 0.232. The first-order valence-corrected chi connectivity index (χ1v) is 7.23. The number of nitro groups is 1. The standard InChI is InChI=1S/C17H14N3O4.BrH/c1-18-11-19(15-5-3-2-4-14(15)17(18)22)10-16(21)12-6-8-13(9-7-12)20(23)24;/h2-9,11H,10H2,1H3;1H/q+1;/p-1. The third-order valence-electron chi connectivity index (χ3n) is 3.79. The first-order chi connectivity index (χ1) is 11.5. The number of carbonyl (C=O) groups excluding carboxylic acids is 1. The van der Waals surface area contributed by atoms with Gasteiger partial charge in [-0.05, 0) is 24.3 Å². The molecule has 0 saturated heterocycles. The van der Waals surface area contributed by atoms with Crippen molar-refractivity contribution < 1.29 is 31.3 Å². The molecule has 0 atom stereocenters. The van der Waals surface area contributed by atoms with Gasteiger partial charge in [0.1, 0.15) is 10.9 Å². The van der Waals surface area contributed by atoms with Crippen LogP contribution in [-0.4, -0.2) is 15.3 Å². The summed E-state index contributed by atoms with van der Waals surface area (Å²) in [5, 5.41) is 11.2. The van der Waals surface area contributed by atoms with Gasteiger partial charge >= 0.3 is 5.56 Å². The number of rotatable bonds is 4. The van der Waals surface area contributed by atoms with Gasteiger partial charge in [-0.2, -0.15) is 0 Å². The Labute approximate surface area is 153 Å². The maximum absolute atomic E-state index is 12.5. The molecule has 0 N–H and O–H groups in total. The Morgan fingerprint density at radius 1 is 1.16 bits per heavy atom. The van der Waals surface area contributed by atoms with Crippen molar-refractivity contribution in [1.82, 2.24) is 4.57 Å². The average molecular weight is 404 g/mol. The van der Waals surface area contributed by atoms with Crippen molar-refractivity contribution in [2.75, 3.05) is 0 Å². The number of aromatic nitrogens is 2. The number of ketones is 1. The Morgan fingerprint density at radius 2 is 1.80 bits per heavy atom. The van der Waals surface area contributed by atoms with Crippen LogP contribution in [0.1, 0.15) is 10.4 Å². The molecule has 0 unspecified atom stereocenters. The summed E-state index contributed by atoms with van der Waals surface area (Å²) in [7, 11) is 1.63. The largest absolute Gasteiger partial charge is 1.00 e. The third-order valence-corrected chi connectivity index (χ3v) is 3.79. The van der Waals surface area contributed by atoms with E-state index in [2.05, 4.69) is 0 Å². The summed E-state index contributed by atoms with van der Waals surface area (Å²) in [6, 6.07) is 12.5. The molecule has 25 heavy (non-hydrogen) atoms. The van der Waals surface area contributed by atoms with Crippen LogP contribution in [0.25, 0.3) is 10.9 Å². The van der Waals surface area contributed by atoms with E-state index in [-0.39, 0.29) is 40.6 Å². The summed E-state index contributed by atoms with van der Waals surface area (Å²) in [6.45, 7) is 0.0342. The summed E-state index contributed by atoms with van der Waals surface area (Å²) in [5.41, 5.74) is 0.846. The van der Waals surface area contributed by atoms with E-state index in [4.69, 9.17) is 0 Å². The van der Waals surface area contributed by atoms with E-state index in [9.17, 15) is 19.7 Å². The summed E-state index contributed by atoms with van der Waals surface area (Å²) < 4.78 is 3.12. The number of Topliss-reactive ketones (excluding diaryl/α,β-unsaturated/α-hetero) is 1. The molecule has 0 spiro atoms. The molecule has 3 rings (SSSR count). The smallest absolute Gasteiger partial charge is 0.344 e. The number of benzene rings is 2. The molecule has 8 heteroatoms. The van der Waals surface area contributed by atoms with E-state index in [0.717, 1.165) is 0 Å². The fourth-order valence-electron chi connectivity index (χ4n) is 2.56. The number of nitrogens with zero attached hydrogens (tertiary/aromatic N) is 3. The van der Waals surface area contributed by atoms with Crippen LogP contribution in [0.2, 0.25) is 0 Å². The SMILES string of the molecule is Cn1c[n+](CC(=O)c2ccc([N+](=O)[O-])cc2)c2ccccc2c1=O.[Br-]. The molecule has 0 saturated carbocycles. The van der Waals surface area contributed by atoms with Gasteiger partial charge in [0.25, 0.3) is 5.69 Å². The summed E-state index contributed by atoms with van der Waals surface area (Å²) in [5.74, 6) is -0.196. The number of non-ortho nitro benzene ring substituents is 1. The molecule has 0 radical (unpaired) electrons. The number of hydrogen-bond donors (Lipinski definition) is 0. The highest BCUT2D eigenvalue weighted by molar-refractivity contribution is 5.95. The highest BCUT2D eigenvalue weighted by Gasteiger charge is 2.17. The number of nitro benzene ring substituents is 1. The zero-order chi connectivity index (χ0) is 17.3. The Hall–Kier alpha value is -2.87. The van der Waals surface area contributed by atoms with E-state index in [1.807, 2.05) is 0 Å². The molecule has 2 aromatic carbocycles. The second-order valence-corrected chi connectivity index (χ2v) is 5.40. The molecule has 0 bridgehead atoms. The van der Waals surface area contributed by atoms with Crippen molar-refractivity contribution in [2.24, 2.45) is 7.05 Å². The monoisotopic (exact) mass is 403 g/mol. The zero-order valence-electron chi connectivity index (χ0n) is 13.3. The maximum atomic E-state index is 12.5. The van der Waals surface area contributed by atoms with Crippen LogP contribution in [0, 0.1) is 10.1 Å². The highest BCUT2D eigenvalue weighted by atomic mass is 79.9. The molecule has 0 aliphatic carbocycles. The Kier molecular flexibility index (Phi) is 5.43. The third kappa shape index (κ3) is 3.63. The molecular formula is C17H14BrN3O4. The van der Waals surface area contributed by atoms with Crippen LogP contribution in [0.5, 0.6) is 0 Å². The van der Waals surface area contributed by atoms with E-state index >= 15 is 0 Å². The van der Waals surface area contributed by atoms with Crippen molar-refractivity contribution in [3.8, 4) is 0 Å². The fraction of sp³-hybridized carbons (Fsp3) is 0.118. The molecule has 1 aromatic heterocycles. The van der Waals surface area contributed by atoms with Crippen LogP contribution in [0.15, 0.2) is 59.7 Å². The van der Waals surface area contributed by atoms with Gasteiger partial charge in [-0.25, -0.2) is 13.9 Å². The first-order valence-electron chi connectivity index (χ1n) is 7.23. The fourth-order valence-corrected chi connectivity index (χ4v) is 2.56. The molecule has 1 heterocycles. The predicted octanol–water partition coefficient (Wildman–Crippen LogP) is -1.38. The minimum atomic E-state index is -0.510. The summed E-state index contributed by atoms with van der Waals surface area (Å²) in [6.07, 6.45) is 1.58. The minimum Gasteiger partial charge on any atom is -1.00 e. The molecule has 0 aliphatic heterocycles. The van der Waals surface area contributed by atoms with Gasteiger partial charge in [-0.15, -0.1) is 0 Å². The van der Waals surface area contributed by atoms with E-state index in [1.54, 1.807) is 42.2 Å². The molecule has 0 amide bonds. The van der Waals surface area contributed by atoms with Crippen LogP contribution in [0.3, 0.4) is 0 Å². The lowest BCUT2D eigenvalue weighted by atomic mass is 10.1. The average Bonchev–Trinajstić information content (AvgIpc) is 2.59.